The van der Waals surface area contributed by atoms with E-state index in [4.69, 9.17) is 4.74 Å². The summed E-state index contributed by atoms with van der Waals surface area (Å²) in [6.45, 7) is 10.4. The quantitative estimate of drug-likeness (QED) is 0.739. The van der Waals surface area contributed by atoms with Crippen LogP contribution in [0.2, 0.25) is 0 Å². The van der Waals surface area contributed by atoms with E-state index in [0.717, 1.165) is 58.9 Å². The number of piperidine rings is 1. The van der Waals surface area contributed by atoms with E-state index in [0.29, 0.717) is 5.92 Å². The molecule has 2 fully saturated rings. The molecule has 4 heteroatoms. The number of hydrogen-bond acceptors (Lipinski definition) is 4. The fourth-order valence-corrected chi connectivity index (χ4v) is 2.53. The Morgan fingerprint density at radius 1 is 1.12 bits per heavy atom. The third-order valence-corrected chi connectivity index (χ3v) is 3.78. The molecule has 16 heavy (non-hydrogen) atoms. The fraction of sp³-hybridized carbons (Fsp3) is 1.00. The number of morpholine rings is 1. The number of hydrogen-bond donors (Lipinski definition) is 1. The fourth-order valence-electron chi connectivity index (χ4n) is 2.53. The molecule has 0 aromatic carbocycles. The first-order valence-electron chi connectivity index (χ1n) is 6.46. The molecular weight excluding hydrogens is 204 g/mol. The van der Waals surface area contributed by atoms with Gasteiger partial charge >= 0.3 is 0 Å². The second-order valence-electron chi connectivity index (χ2n) is 5.09. The molecule has 0 aromatic heterocycles. The summed E-state index contributed by atoms with van der Waals surface area (Å²) in [6.07, 6.45) is 0.851. The molecule has 0 radical (unpaired) electrons. The number of rotatable bonds is 3. The Bertz CT molecular complexity index is 207. The molecule has 2 atom stereocenters. The van der Waals surface area contributed by atoms with Crippen LogP contribution in [-0.2, 0) is 4.74 Å². The summed E-state index contributed by atoms with van der Waals surface area (Å²) < 4.78 is 5.33. The Balaban J connectivity index is 1.65. The molecule has 1 N–H and O–H groups in total. The van der Waals surface area contributed by atoms with Gasteiger partial charge in [-0.15, -0.1) is 0 Å². The smallest absolute Gasteiger partial charge is 0.0594 e. The number of aliphatic hydroxyl groups excluding tert-OH is 1. The van der Waals surface area contributed by atoms with Crippen LogP contribution < -0.4 is 0 Å². The Kier molecular flexibility index (Phi) is 4.58. The summed E-state index contributed by atoms with van der Waals surface area (Å²) in [5.41, 5.74) is 0. The minimum Gasteiger partial charge on any atom is -0.393 e. The third kappa shape index (κ3) is 3.42. The van der Waals surface area contributed by atoms with Gasteiger partial charge in [-0.1, -0.05) is 6.92 Å². The highest BCUT2D eigenvalue weighted by Crippen LogP contribution is 2.16. The molecular formula is C12H24N2O2. The molecule has 2 heterocycles. The summed E-state index contributed by atoms with van der Waals surface area (Å²) in [4.78, 5) is 4.95. The van der Waals surface area contributed by atoms with Crippen molar-refractivity contribution in [2.45, 2.75) is 19.4 Å². The molecule has 2 aliphatic heterocycles. The van der Waals surface area contributed by atoms with Crippen LogP contribution in [0.5, 0.6) is 0 Å². The molecule has 94 valence electrons. The predicted molar refractivity (Wildman–Crippen MR) is 63.5 cm³/mol. The Morgan fingerprint density at radius 3 is 2.50 bits per heavy atom. The number of nitrogens with zero attached hydrogens (tertiary/aromatic N) is 2. The largest absolute Gasteiger partial charge is 0.393 e. The van der Waals surface area contributed by atoms with Crippen molar-refractivity contribution in [3.63, 3.8) is 0 Å². The highest BCUT2D eigenvalue weighted by molar-refractivity contribution is 4.77. The van der Waals surface area contributed by atoms with Crippen molar-refractivity contribution >= 4 is 0 Å². The zero-order valence-corrected chi connectivity index (χ0v) is 10.3. The van der Waals surface area contributed by atoms with E-state index >= 15 is 0 Å². The first-order chi connectivity index (χ1) is 7.75. The zero-order chi connectivity index (χ0) is 11.4. The summed E-state index contributed by atoms with van der Waals surface area (Å²) in [7, 11) is 0. The van der Waals surface area contributed by atoms with Crippen molar-refractivity contribution in [2.75, 3.05) is 52.5 Å². The Morgan fingerprint density at radius 2 is 1.81 bits per heavy atom. The van der Waals surface area contributed by atoms with E-state index < -0.39 is 0 Å². The minimum atomic E-state index is -0.0837. The van der Waals surface area contributed by atoms with Crippen molar-refractivity contribution in [3.8, 4) is 0 Å². The first kappa shape index (κ1) is 12.3. The normalized spacial score (nSPS) is 34.1. The van der Waals surface area contributed by atoms with Crippen molar-refractivity contribution in [3.05, 3.63) is 0 Å². The molecule has 0 aromatic rings. The topological polar surface area (TPSA) is 35.9 Å². The first-order valence-corrected chi connectivity index (χ1v) is 6.46. The van der Waals surface area contributed by atoms with E-state index in [-0.39, 0.29) is 6.10 Å². The molecule has 2 rings (SSSR count). The summed E-state index contributed by atoms with van der Waals surface area (Å²) in [5.74, 6) is 0.429. The van der Waals surface area contributed by atoms with Gasteiger partial charge in [0.25, 0.3) is 0 Å². The van der Waals surface area contributed by atoms with Gasteiger partial charge < -0.3 is 14.7 Å². The summed E-state index contributed by atoms with van der Waals surface area (Å²) >= 11 is 0. The highest BCUT2D eigenvalue weighted by Gasteiger charge is 2.24. The van der Waals surface area contributed by atoms with Crippen LogP contribution in [0.1, 0.15) is 13.3 Å². The monoisotopic (exact) mass is 228 g/mol. The van der Waals surface area contributed by atoms with Crippen LogP contribution in [0.15, 0.2) is 0 Å². The minimum absolute atomic E-state index is 0.0837. The van der Waals surface area contributed by atoms with Crippen LogP contribution in [0.25, 0.3) is 0 Å². The van der Waals surface area contributed by atoms with Gasteiger partial charge in [0.2, 0.25) is 0 Å². The number of likely N-dealkylation sites (tertiary alicyclic amines) is 1. The zero-order valence-electron chi connectivity index (χ0n) is 10.3. The second kappa shape index (κ2) is 5.96. The van der Waals surface area contributed by atoms with E-state index in [1.807, 2.05) is 0 Å². The molecule has 0 amide bonds. The van der Waals surface area contributed by atoms with Gasteiger partial charge in [-0.2, -0.15) is 0 Å². The average molecular weight is 228 g/mol. The molecule has 2 aliphatic rings. The average Bonchev–Trinajstić information content (AvgIpc) is 2.32. The standard InChI is InChI=1S/C12H24N2O2/c1-11-10-14(3-2-12(11)15)5-4-13-6-8-16-9-7-13/h11-12,15H,2-10H2,1H3. The van der Waals surface area contributed by atoms with E-state index in [9.17, 15) is 5.11 Å². The Hall–Kier alpha value is -0.160. The molecule has 2 saturated heterocycles. The van der Waals surface area contributed by atoms with Gasteiger partial charge in [-0.3, -0.25) is 4.90 Å². The van der Waals surface area contributed by atoms with Crippen LogP contribution >= 0.6 is 0 Å². The Labute approximate surface area is 98.2 Å². The molecule has 2 unspecified atom stereocenters. The lowest BCUT2D eigenvalue weighted by Crippen LogP contribution is -2.46. The van der Waals surface area contributed by atoms with Gasteiger partial charge in [-0.25, -0.2) is 0 Å². The molecule has 0 saturated carbocycles. The SMILES string of the molecule is CC1CN(CCN2CCOCC2)CCC1O. The maximum absolute atomic E-state index is 9.66. The number of aliphatic hydroxyl groups is 1. The lowest BCUT2D eigenvalue weighted by molar-refractivity contribution is 0.0141. The molecule has 4 nitrogen and oxygen atoms in total. The third-order valence-electron chi connectivity index (χ3n) is 3.78. The summed E-state index contributed by atoms with van der Waals surface area (Å²) in [6, 6.07) is 0. The van der Waals surface area contributed by atoms with Crippen molar-refractivity contribution < 1.29 is 9.84 Å². The molecule has 0 spiro atoms. The van der Waals surface area contributed by atoms with E-state index in [1.165, 1.54) is 0 Å². The lowest BCUT2D eigenvalue weighted by atomic mass is 9.97. The van der Waals surface area contributed by atoms with Gasteiger partial charge in [0.15, 0.2) is 0 Å². The van der Waals surface area contributed by atoms with Gasteiger partial charge in [-0.05, 0) is 12.3 Å². The maximum Gasteiger partial charge on any atom is 0.0594 e. The number of ether oxygens (including phenoxy) is 1. The summed E-state index contributed by atoms with van der Waals surface area (Å²) in [5, 5.41) is 9.66. The second-order valence-corrected chi connectivity index (χ2v) is 5.09. The predicted octanol–water partition coefficient (Wildman–Crippen LogP) is 0.0213. The lowest BCUT2D eigenvalue weighted by Gasteiger charge is -2.36. The molecule has 0 bridgehead atoms. The van der Waals surface area contributed by atoms with Crippen molar-refractivity contribution in [1.82, 2.24) is 9.80 Å². The highest BCUT2D eigenvalue weighted by atomic mass is 16.5. The van der Waals surface area contributed by atoms with Crippen LogP contribution in [0, 0.1) is 5.92 Å². The van der Waals surface area contributed by atoms with Crippen molar-refractivity contribution in [2.24, 2.45) is 5.92 Å². The van der Waals surface area contributed by atoms with E-state index in [1.54, 1.807) is 0 Å². The van der Waals surface area contributed by atoms with Gasteiger partial charge in [0, 0.05) is 39.3 Å². The molecule has 0 aliphatic carbocycles. The van der Waals surface area contributed by atoms with Crippen molar-refractivity contribution in [1.29, 1.82) is 0 Å². The van der Waals surface area contributed by atoms with Crippen LogP contribution in [-0.4, -0.2) is 73.5 Å². The van der Waals surface area contributed by atoms with Crippen LogP contribution in [0.4, 0.5) is 0 Å². The van der Waals surface area contributed by atoms with Crippen LogP contribution in [0.3, 0.4) is 0 Å². The maximum atomic E-state index is 9.66. The van der Waals surface area contributed by atoms with Gasteiger partial charge in [0.05, 0.1) is 19.3 Å². The van der Waals surface area contributed by atoms with E-state index in [2.05, 4.69) is 16.7 Å². The van der Waals surface area contributed by atoms with Gasteiger partial charge in [0.1, 0.15) is 0 Å².